The molecule has 0 amide bonds. The number of aromatic nitrogens is 2. The topological polar surface area (TPSA) is 25.8 Å². The lowest BCUT2D eigenvalue weighted by Gasteiger charge is -1.98. The fraction of sp³-hybridized carbons (Fsp3) is 0.200. The van der Waals surface area contributed by atoms with Crippen molar-refractivity contribution < 1.29 is 0 Å². The molecule has 0 radical (unpaired) electrons. The molecule has 0 saturated carbocycles. The number of thioether (sulfide) groups is 1. The lowest BCUT2D eigenvalue weighted by Crippen LogP contribution is -1.79. The summed E-state index contributed by atoms with van der Waals surface area (Å²) < 4.78 is 6.30. The number of nitrogens with zero attached hydrogens (tertiary/aromatic N) is 2. The van der Waals surface area contributed by atoms with Crippen molar-refractivity contribution in [3.8, 4) is 0 Å². The summed E-state index contributed by atoms with van der Waals surface area (Å²) in [6, 6.07) is 8.35. The Bertz CT molecular complexity index is 439. The molecule has 0 N–H and O–H groups in total. The average molecular weight is 301 g/mol. The smallest absolute Gasteiger partial charge is 0.170 e. The molecule has 0 aliphatic rings. The second-order valence-corrected chi connectivity index (χ2v) is 5.91. The maximum absolute atomic E-state index is 4.30. The van der Waals surface area contributed by atoms with Gasteiger partial charge in [-0.15, -0.1) is 0 Å². The predicted octanol–water partition coefficient (Wildman–Crippen LogP) is 3.90. The Labute approximate surface area is 105 Å². The van der Waals surface area contributed by atoms with Gasteiger partial charge in [0.25, 0.3) is 0 Å². The Morgan fingerprint density at radius 1 is 1.33 bits per heavy atom. The maximum atomic E-state index is 4.30. The minimum absolute atomic E-state index is 0.860. The minimum atomic E-state index is 0.860. The highest BCUT2D eigenvalue weighted by molar-refractivity contribution is 9.10. The highest BCUT2D eigenvalue weighted by Gasteiger charge is 2.01. The summed E-state index contributed by atoms with van der Waals surface area (Å²) in [4.78, 5) is 4.30. The predicted molar refractivity (Wildman–Crippen MR) is 68.3 cm³/mol. The number of benzene rings is 1. The van der Waals surface area contributed by atoms with Crippen molar-refractivity contribution >= 4 is 39.2 Å². The van der Waals surface area contributed by atoms with Gasteiger partial charge in [-0.2, -0.15) is 4.37 Å². The summed E-state index contributed by atoms with van der Waals surface area (Å²) in [7, 11) is 0. The van der Waals surface area contributed by atoms with Crippen molar-refractivity contribution in [1.29, 1.82) is 0 Å². The van der Waals surface area contributed by atoms with E-state index in [1.165, 1.54) is 17.1 Å². The Balaban J connectivity index is 1.96. The molecule has 0 aliphatic heterocycles. The van der Waals surface area contributed by atoms with Crippen LogP contribution < -0.4 is 0 Å². The van der Waals surface area contributed by atoms with Crippen molar-refractivity contribution in [2.75, 3.05) is 0 Å². The SMILES string of the molecule is Cc1nsc(SCc2ccc(Br)cc2)n1. The summed E-state index contributed by atoms with van der Waals surface area (Å²) >= 11 is 6.61. The summed E-state index contributed by atoms with van der Waals surface area (Å²) in [5, 5.41) is 0. The molecule has 2 aromatic rings. The normalized spacial score (nSPS) is 10.5. The van der Waals surface area contributed by atoms with Gasteiger partial charge in [0.15, 0.2) is 4.34 Å². The maximum Gasteiger partial charge on any atom is 0.170 e. The quantitative estimate of drug-likeness (QED) is 0.804. The van der Waals surface area contributed by atoms with Gasteiger partial charge >= 0.3 is 0 Å². The fourth-order valence-corrected chi connectivity index (χ4v) is 2.93. The lowest BCUT2D eigenvalue weighted by molar-refractivity contribution is 1.10. The van der Waals surface area contributed by atoms with Gasteiger partial charge in [0.05, 0.1) is 0 Å². The van der Waals surface area contributed by atoms with Crippen LogP contribution in [0.25, 0.3) is 0 Å². The van der Waals surface area contributed by atoms with E-state index in [4.69, 9.17) is 0 Å². The Kier molecular flexibility index (Phi) is 3.77. The summed E-state index contributed by atoms with van der Waals surface area (Å²) in [6.07, 6.45) is 0. The number of aryl methyl sites for hydroxylation is 1. The van der Waals surface area contributed by atoms with Gasteiger partial charge in [0.2, 0.25) is 0 Å². The number of rotatable bonds is 3. The Morgan fingerprint density at radius 3 is 2.67 bits per heavy atom. The molecule has 0 aliphatic carbocycles. The first kappa shape index (κ1) is 11.1. The van der Waals surface area contributed by atoms with Crippen LogP contribution in [0.4, 0.5) is 0 Å². The Hall–Kier alpha value is -0.390. The standard InChI is InChI=1S/C10H9BrN2S2/c1-7-12-10(15-13-7)14-6-8-2-4-9(11)5-3-8/h2-5H,6H2,1H3. The van der Waals surface area contributed by atoms with Gasteiger partial charge in [-0.1, -0.05) is 39.8 Å². The second-order valence-electron chi connectivity index (χ2n) is 3.02. The molecule has 2 nitrogen and oxygen atoms in total. The summed E-state index contributed by atoms with van der Waals surface area (Å²) in [5.74, 6) is 1.81. The van der Waals surface area contributed by atoms with E-state index in [1.54, 1.807) is 11.8 Å². The molecule has 5 heteroatoms. The first-order valence-electron chi connectivity index (χ1n) is 4.41. The monoisotopic (exact) mass is 300 g/mol. The molecule has 0 unspecified atom stereocenters. The van der Waals surface area contributed by atoms with Crippen molar-refractivity contribution in [1.82, 2.24) is 9.36 Å². The van der Waals surface area contributed by atoms with Gasteiger partial charge in [0, 0.05) is 10.2 Å². The van der Waals surface area contributed by atoms with E-state index >= 15 is 0 Å². The Morgan fingerprint density at radius 2 is 2.07 bits per heavy atom. The minimum Gasteiger partial charge on any atom is -0.213 e. The molecule has 15 heavy (non-hydrogen) atoms. The number of hydrogen-bond donors (Lipinski definition) is 0. The van der Waals surface area contributed by atoms with E-state index in [9.17, 15) is 0 Å². The highest BCUT2D eigenvalue weighted by Crippen LogP contribution is 2.24. The van der Waals surface area contributed by atoms with Gasteiger partial charge in [-0.05, 0) is 36.2 Å². The van der Waals surface area contributed by atoms with E-state index < -0.39 is 0 Å². The zero-order chi connectivity index (χ0) is 10.7. The van der Waals surface area contributed by atoms with E-state index in [2.05, 4.69) is 49.6 Å². The molecule has 0 atom stereocenters. The van der Waals surface area contributed by atoms with Crippen molar-refractivity contribution in [2.45, 2.75) is 17.0 Å². The van der Waals surface area contributed by atoms with Gasteiger partial charge in [-0.3, -0.25) is 0 Å². The van der Waals surface area contributed by atoms with E-state index in [0.717, 1.165) is 20.4 Å². The zero-order valence-electron chi connectivity index (χ0n) is 8.11. The number of halogens is 1. The third-order valence-corrected chi connectivity index (χ3v) is 4.31. The van der Waals surface area contributed by atoms with E-state index in [-0.39, 0.29) is 0 Å². The van der Waals surface area contributed by atoms with Crippen LogP contribution >= 0.6 is 39.2 Å². The van der Waals surface area contributed by atoms with Gasteiger partial charge in [-0.25, -0.2) is 4.98 Å². The van der Waals surface area contributed by atoms with Crippen LogP contribution in [0.1, 0.15) is 11.4 Å². The molecule has 78 valence electrons. The molecule has 0 bridgehead atoms. The molecule has 0 fully saturated rings. The largest absolute Gasteiger partial charge is 0.213 e. The van der Waals surface area contributed by atoms with E-state index in [0.29, 0.717) is 0 Å². The van der Waals surface area contributed by atoms with Crippen LogP contribution in [0.2, 0.25) is 0 Å². The van der Waals surface area contributed by atoms with Crippen molar-refractivity contribution in [3.63, 3.8) is 0 Å². The molecule has 0 saturated heterocycles. The molecule has 1 aromatic carbocycles. The average Bonchev–Trinajstić information content (AvgIpc) is 2.64. The number of hydrogen-bond acceptors (Lipinski definition) is 4. The van der Waals surface area contributed by atoms with Crippen LogP contribution in [0.15, 0.2) is 33.1 Å². The first-order valence-corrected chi connectivity index (χ1v) is 6.97. The van der Waals surface area contributed by atoms with Crippen LogP contribution in [0.5, 0.6) is 0 Å². The first-order chi connectivity index (χ1) is 7.24. The molecule has 1 aromatic heterocycles. The molecular weight excluding hydrogens is 292 g/mol. The molecule has 2 rings (SSSR count). The zero-order valence-corrected chi connectivity index (χ0v) is 11.3. The third-order valence-electron chi connectivity index (χ3n) is 1.78. The highest BCUT2D eigenvalue weighted by atomic mass is 79.9. The van der Waals surface area contributed by atoms with Crippen LogP contribution in [-0.2, 0) is 5.75 Å². The molecular formula is C10H9BrN2S2. The van der Waals surface area contributed by atoms with Gasteiger partial charge in [0.1, 0.15) is 5.82 Å². The van der Waals surface area contributed by atoms with Crippen LogP contribution in [0, 0.1) is 6.92 Å². The third kappa shape index (κ3) is 3.29. The fourth-order valence-electron chi connectivity index (χ4n) is 1.06. The molecule has 1 heterocycles. The summed E-state index contributed by atoms with van der Waals surface area (Å²) in [6.45, 7) is 1.92. The van der Waals surface area contributed by atoms with Crippen molar-refractivity contribution in [3.05, 3.63) is 40.1 Å². The second kappa shape index (κ2) is 5.09. The van der Waals surface area contributed by atoms with Gasteiger partial charge < -0.3 is 0 Å². The van der Waals surface area contributed by atoms with Crippen LogP contribution in [0.3, 0.4) is 0 Å². The van der Waals surface area contributed by atoms with Crippen LogP contribution in [-0.4, -0.2) is 9.36 Å². The van der Waals surface area contributed by atoms with Crippen molar-refractivity contribution in [2.24, 2.45) is 0 Å². The summed E-state index contributed by atoms with van der Waals surface area (Å²) in [5.41, 5.74) is 1.30. The van der Waals surface area contributed by atoms with E-state index in [1.807, 2.05) is 6.92 Å². The molecule has 0 spiro atoms. The lowest BCUT2D eigenvalue weighted by atomic mass is 10.2.